The van der Waals surface area contributed by atoms with Crippen LogP contribution < -0.4 is 4.74 Å². The van der Waals surface area contributed by atoms with Crippen LogP contribution >= 0.6 is 11.8 Å². The maximum atomic E-state index is 13.5. The summed E-state index contributed by atoms with van der Waals surface area (Å²) in [5.74, 6) is 0.302. The van der Waals surface area contributed by atoms with E-state index in [0.29, 0.717) is 23.9 Å². The summed E-state index contributed by atoms with van der Waals surface area (Å²) >= 11 is 1.22. The normalized spacial score (nSPS) is 38.8. The number of aliphatic hydroxyl groups excluding tert-OH is 1. The number of esters is 1. The van der Waals surface area contributed by atoms with Crippen molar-refractivity contribution in [3.8, 4) is 5.88 Å². The van der Waals surface area contributed by atoms with E-state index in [-0.39, 0.29) is 46.8 Å². The van der Waals surface area contributed by atoms with Crippen LogP contribution in [-0.4, -0.2) is 50.9 Å². The van der Waals surface area contributed by atoms with Gasteiger partial charge in [-0.1, -0.05) is 45.5 Å². The Hall–Kier alpha value is -1.93. The lowest BCUT2D eigenvalue weighted by molar-refractivity contribution is -0.205. The molecule has 1 N–H and O–H groups in total. The average molecular weight is 545 g/mol. The van der Waals surface area contributed by atoms with Crippen molar-refractivity contribution in [3.05, 3.63) is 24.4 Å². The molecular weight excluding hydrogens is 500 g/mol. The van der Waals surface area contributed by atoms with Crippen molar-refractivity contribution in [1.82, 2.24) is 9.97 Å². The molecule has 3 saturated carbocycles. The molecule has 8 heteroatoms. The summed E-state index contributed by atoms with van der Waals surface area (Å²) < 4.78 is 12.0. The number of rotatable bonds is 7. The molecule has 3 fully saturated rings. The molecule has 1 heterocycles. The van der Waals surface area contributed by atoms with E-state index in [2.05, 4.69) is 37.3 Å². The van der Waals surface area contributed by atoms with Gasteiger partial charge < -0.3 is 14.6 Å². The van der Waals surface area contributed by atoms with Gasteiger partial charge in [0.2, 0.25) is 5.88 Å². The van der Waals surface area contributed by atoms with Crippen molar-refractivity contribution >= 4 is 23.5 Å². The Bertz CT molecular complexity index is 1090. The molecule has 3 aliphatic rings. The van der Waals surface area contributed by atoms with Crippen molar-refractivity contribution in [1.29, 1.82) is 0 Å². The molecule has 0 aromatic carbocycles. The van der Waals surface area contributed by atoms with Crippen LogP contribution in [-0.2, 0) is 14.3 Å². The van der Waals surface area contributed by atoms with Gasteiger partial charge in [0.15, 0.2) is 5.16 Å². The first-order valence-corrected chi connectivity index (χ1v) is 14.9. The summed E-state index contributed by atoms with van der Waals surface area (Å²) in [6.07, 6.45) is 4.18. The number of nitrogens with zero attached hydrogens (tertiary/aromatic N) is 2. The van der Waals surface area contributed by atoms with Crippen LogP contribution in [0, 0.1) is 40.9 Å². The number of carbonyl (C=O) groups excluding carboxylic acids is 2. The van der Waals surface area contributed by atoms with Gasteiger partial charge >= 0.3 is 5.97 Å². The summed E-state index contributed by atoms with van der Waals surface area (Å²) in [6.45, 7) is 18.3. The van der Waals surface area contributed by atoms with Crippen molar-refractivity contribution in [2.75, 3.05) is 5.75 Å². The number of carbonyl (C=O) groups is 2. The van der Waals surface area contributed by atoms with E-state index >= 15 is 0 Å². The highest BCUT2D eigenvalue weighted by atomic mass is 32.2. The quantitative estimate of drug-likeness (QED) is 0.206. The smallest absolute Gasteiger partial charge is 0.316 e. The van der Waals surface area contributed by atoms with Crippen LogP contribution in [0.1, 0.15) is 79.3 Å². The van der Waals surface area contributed by atoms with E-state index < -0.39 is 23.0 Å². The largest absolute Gasteiger partial charge is 0.475 e. The Balaban J connectivity index is 1.63. The van der Waals surface area contributed by atoms with Crippen molar-refractivity contribution in [2.24, 2.45) is 34.0 Å². The highest BCUT2D eigenvalue weighted by Crippen LogP contribution is 2.68. The lowest BCUT2D eigenvalue weighted by Crippen LogP contribution is -2.63. The Morgan fingerprint density at radius 2 is 2.00 bits per heavy atom. The van der Waals surface area contributed by atoms with E-state index in [0.717, 1.165) is 25.0 Å². The Morgan fingerprint density at radius 3 is 2.66 bits per heavy atom. The summed E-state index contributed by atoms with van der Waals surface area (Å²) in [5.41, 5.74) is -0.703. The minimum atomic E-state index is -0.679. The molecule has 0 amide bonds. The number of aromatic nitrogens is 2. The third kappa shape index (κ3) is 4.91. The maximum Gasteiger partial charge on any atom is 0.316 e. The summed E-state index contributed by atoms with van der Waals surface area (Å²) in [4.78, 5) is 35.8. The van der Waals surface area contributed by atoms with Gasteiger partial charge in [-0.3, -0.25) is 9.59 Å². The lowest BCUT2D eigenvalue weighted by atomic mass is 9.44. The molecule has 7 nitrogen and oxygen atoms in total. The van der Waals surface area contributed by atoms with E-state index in [1.807, 2.05) is 33.8 Å². The Kier molecular flexibility index (Phi) is 8.08. The van der Waals surface area contributed by atoms with Gasteiger partial charge in [0, 0.05) is 34.9 Å². The molecule has 0 saturated heterocycles. The minimum absolute atomic E-state index is 0.0210. The fourth-order valence-corrected chi connectivity index (χ4v) is 8.38. The second-order valence-electron chi connectivity index (χ2n) is 12.6. The number of aryl methyl sites for hydroxylation is 1. The molecule has 210 valence electrons. The molecule has 0 aliphatic heterocycles. The third-order valence-electron chi connectivity index (χ3n) is 10.1. The predicted molar refractivity (Wildman–Crippen MR) is 148 cm³/mol. The zero-order valence-electron chi connectivity index (χ0n) is 24.0. The number of hydrogen-bond donors (Lipinski definition) is 1. The molecule has 1 aromatic heterocycles. The molecule has 38 heavy (non-hydrogen) atoms. The molecule has 8 atom stereocenters. The topological polar surface area (TPSA) is 98.6 Å². The van der Waals surface area contributed by atoms with Gasteiger partial charge in [-0.2, -0.15) is 4.98 Å². The molecule has 0 radical (unpaired) electrons. The second-order valence-corrected chi connectivity index (χ2v) is 13.6. The van der Waals surface area contributed by atoms with Crippen LogP contribution in [0.4, 0.5) is 0 Å². The van der Waals surface area contributed by atoms with Gasteiger partial charge in [-0.15, -0.1) is 6.58 Å². The molecule has 4 rings (SSSR count). The predicted octanol–water partition coefficient (Wildman–Crippen LogP) is 5.57. The standard InChI is InChI=1S/C30H44N2O5S/c1-9-28(7)15-22(37-24(34)16-38-27-31-19(5)14-23(32-27)36-17(2)3)29(8)18(4)10-12-30(20(6)26(28)35)13-11-21(33)25(29)30/h9,14,17-18,20,22,25-26,35H,1,10-13,15-16H2,2-8H3. The monoisotopic (exact) mass is 544 g/mol. The fourth-order valence-electron chi connectivity index (χ4n) is 7.70. The van der Waals surface area contributed by atoms with Crippen molar-refractivity contribution < 1.29 is 24.2 Å². The fraction of sp³-hybridized carbons (Fsp3) is 0.733. The first-order chi connectivity index (χ1) is 17.8. The van der Waals surface area contributed by atoms with Crippen molar-refractivity contribution in [3.63, 3.8) is 0 Å². The summed E-state index contributed by atoms with van der Waals surface area (Å²) in [7, 11) is 0. The Morgan fingerprint density at radius 1 is 1.29 bits per heavy atom. The van der Waals surface area contributed by atoms with Gasteiger partial charge in [-0.05, 0) is 63.7 Å². The number of Topliss-reactive ketones (excluding diaryl/α,β-unsaturated/α-hetero) is 1. The Labute approximate surface area is 231 Å². The van der Waals surface area contributed by atoms with E-state index in [1.165, 1.54) is 11.8 Å². The van der Waals surface area contributed by atoms with Crippen LogP contribution in [0.3, 0.4) is 0 Å². The SMILES string of the molecule is C=CC1(C)CC(OC(=O)CSc2nc(C)cc(OC(C)C)n2)C2(C)C(C)CCC3(CCC(=O)C32)C(C)C1O. The van der Waals surface area contributed by atoms with Crippen LogP contribution in [0.15, 0.2) is 23.9 Å². The highest BCUT2D eigenvalue weighted by molar-refractivity contribution is 7.99. The molecule has 3 aliphatic carbocycles. The van der Waals surface area contributed by atoms with Gasteiger partial charge in [0.1, 0.15) is 11.9 Å². The number of aliphatic hydroxyl groups is 1. The minimum Gasteiger partial charge on any atom is -0.475 e. The maximum absolute atomic E-state index is 13.5. The van der Waals surface area contributed by atoms with E-state index in [9.17, 15) is 14.7 Å². The number of ketones is 1. The van der Waals surface area contributed by atoms with Gasteiger partial charge in [0.25, 0.3) is 0 Å². The van der Waals surface area contributed by atoms with Gasteiger partial charge in [-0.25, -0.2) is 4.98 Å². The first-order valence-electron chi connectivity index (χ1n) is 14.0. The highest BCUT2D eigenvalue weighted by Gasteiger charge is 2.68. The van der Waals surface area contributed by atoms with Crippen LogP contribution in [0.25, 0.3) is 0 Å². The molecule has 2 bridgehead atoms. The lowest BCUT2D eigenvalue weighted by Gasteiger charge is -2.61. The number of hydrogen-bond acceptors (Lipinski definition) is 8. The molecule has 1 aromatic rings. The van der Waals surface area contributed by atoms with E-state index in [1.54, 1.807) is 6.07 Å². The molecule has 0 spiro atoms. The van der Waals surface area contributed by atoms with Crippen LogP contribution in [0.5, 0.6) is 5.88 Å². The van der Waals surface area contributed by atoms with Crippen LogP contribution in [0.2, 0.25) is 0 Å². The first kappa shape index (κ1) is 29.1. The number of ether oxygens (including phenoxy) is 2. The number of thioether (sulfide) groups is 1. The zero-order chi connectivity index (χ0) is 28.0. The van der Waals surface area contributed by atoms with Gasteiger partial charge in [0.05, 0.1) is 18.0 Å². The average Bonchev–Trinajstić information content (AvgIpc) is 3.20. The molecule has 8 unspecified atom stereocenters. The second kappa shape index (κ2) is 10.6. The third-order valence-corrected chi connectivity index (χ3v) is 10.9. The zero-order valence-corrected chi connectivity index (χ0v) is 24.8. The van der Waals surface area contributed by atoms with Crippen molar-refractivity contribution in [2.45, 2.75) is 104 Å². The van der Waals surface area contributed by atoms with E-state index in [4.69, 9.17) is 9.47 Å². The summed E-state index contributed by atoms with van der Waals surface area (Å²) in [5, 5.41) is 12.1. The summed E-state index contributed by atoms with van der Waals surface area (Å²) in [6, 6.07) is 1.77. The molecular formula is C30H44N2O5S.